The Morgan fingerprint density at radius 1 is 1.00 bits per heavy atom. The maximum absolute atomic E-state index is 12.6. The Balaban J connectivity index is 1.75. The Kier molecular flexibility index (Phi) is 3.72. The van der Waals surface area contributed by atoms with E-state index in [0.717, 1.165) is 0 Å². The number of carbonyl (C=O) groups excluding carboxylic acids is 1. The minimum Gasteiger partial charge on any atom is -0.502 e. The lowest BCUT2D eigenvalue weighted by atomic mass is 9.75. The van der Waals surface area contributed by atoms with Crippen molar-refractivity contribution in [2.24, 2.45) is 5.92 Å². The predicted molar refractivity (Wildman–Crippen MR) is 95.6 cm³/mol. The highest BCUT2D eigenvalue weighted by Crippen LogP contribution is 2.55. The lowest BCUT2D eigenvalue weighted by Crippen LogP contribution is -2.50. The molecule has 0 aliphatic carbocycles. The van der Waals surface area contributed by atoms with Crippen molar-refractivity contribution in [2.75, 3.05) is 27.6 Å². The molecule has 3 atom stereocenters. The highest BCUT2D eigenvalue weighted by atomic mass is 16.7. The molecule has 0 saturated carbocycles. The largest absolute Gasteiger partial charge is 0.502 e. The summed E-state index contributed by atoms with van der Waals surface area (Å²) in [4.78, 5) is 12.6. The Morgan fingerprint density at radius 3 is 2.31 bits per heavy atom. The average molecular weight is 402 g/mol. The quantitative estimate of drug-likeness (QED) is 0.738. The van der Waals surface area contributed by atoms with E-state index in [1.165, 1.54) is 14.2 Å². The summed E-state index contributed by atoms with van der Waals surface area (Å²) >= 11 is 0. The molecule has 0 radical (unpaired) electrons. The van der Waals surface area contributed by atoms with E-state index in [1.54, 1.807) is 24.3 Å². The molecule has 2 aromatic rings. The van der Waals surface area contributed by atoms with Gasteiger partial charge in [-0.25, -0.2) is 0 Å². The van der Waals surface area contributed by atoms with Crippen molar-refractivity contribution in [3.05, 3.63) is 35.4 Å². The Hall–Kier alpha value is -3.33. The van der Waals surface area contributed by atoms with Crippen molar-refractivity contribution in [3.63, 3.8) is 0 Å². The Bertz CT molecular complexity index is 992. The van der Waals surface area contributed by atoms with Gasteiger partial charge in [0.15, 0.2) is 29.6 Å². The van der Waals surface area contributed by atoms with Gasteiger partial charge in [-0.3, -0.25) is 4.79 Å². The third kappa shape index (κ3) is 2.47. The molecule has 3 aliphatic heterocycles. The number of methoxy groups -OCH3 is 2. The summed E-state index contributed by atoms with van der Waals surface area (Å²) in [5.74, 6) is -2.63. The van der Waals surface area contributed by atoms with Crippen LogP contribution >= 0.6 is 0 Å². The predicted octanol–water partition coefficient (Wildman–Crippen LogP) is 1.52. The minimum atomic E-state index is -1.85. The molecule has 0 spiro atoms. The molecular weight excluding hydrogens is 384 g/mol. The van der Waals surface area contributed by atoms with Crippen LogP contribution in [0.1, 0.15) is 17.0 Å². The lowest BCUT2D eigenvalue weighted by molar-refractivity contribution is -0.173. The number of aliphatic hydroxyl groups is 1. The first-order valence-electron chi connectivity index (χ1n) is 8.91. The van der Waals surface area contributed by atoms with Crippen LogP contribution in [0, 0.1) is 5.92 Å². The first-order valence-corrected chi connectivity index (χ1v) is 8.91. The maximum atomic E-state index is 12.6. The Labute approximate surface area is 165 Å². The molecule has 9 heteroatoms. The van der Waals surface area contributed by atoms with Crippen LogP contribution in [0.3, 0.4) is 0 Å². The van der Waals surface area contributed by atoms with Gasteiger partial charge in [0.2, 0.25) is 12.5 Å². The van der Waals surface area contributed by atoms with E-state index in [1.807, 2.05) is 0 Å². The number of ether oxygens (including phenoxy) is 6. The third-order valence-electron chi connectivity index (χ3n) is 5.48. The Morgan fingerprint density at radius 2 is 1.66 bits per heavy atom. The number of cyclic esters (lactones) is 1. The van der Waals surface area contributed by atoms with E-state index in [-0.39, 0.29) is 30.6 Å². The summed E-state index contributed by atoms with van der Waals surface area (Å²) in [6.07, 6.45) is 0. The number of aromatic hydroxyl groups is 1. The van der Waals surface area contributed by atoms with E-state index >= 15 is 0 Å². The molecule has 1 fully saturated rings. The molecule has 0 bridgehead atoms. The molecule has 3 aliphatic rings. The number of benzene rings is 2. The summed E-state index contributed by atoms with van der Waals surface area (Å²) in [6, 6.07) is 6.53. The highest BCUT2D eigenvalue weighted by Gasteiger charge is 2.59. The molecule has 3 unspecified atom stereocenters. The van der Waals surface area contributed by atoms with E-state index in [4.69, 9.17) is 28.4 Å². The van der Waals surface area contributed by atoms with Crippen molar-refractivity contribution in [1.82, 2.24) is 0 Å². The SMILES string of the molecule is COc1cc(C2c3cc4c(cc3OC3(O)COC(=O)C23)OCO4)cc(OC)c1O. The van der Waals surface area contributed by atoms with Crippen LogP contribution < -0.4 is 23.7 Å². The zero-order valence-corrected chi connectivity index (χ0v) is 15.6. The standard InChI is InChI=1S/C20H18O9/c1-24-14-3-9(4-15(25-2)18(14)21)16-10-5-12-13(28-8-27-12)6-11(10)29-20(23)7-26-19(22)17(16)20/h3-6,16-17,21,23H,7-8H2,1-2H3. The fourth-order valence-electron chi connectivity index (χ4n) is 4.13. The molecule has 5 rings (SSSR count). The maximum Gasteiger partial charge on any atom is 0.317 e. The van der Waals surface area contributed by atoms with Crippen molar-refractivity contribution >= 4 is 5.97 Å². The van der Waals surface area contributed by atoms with Crippen LogP contribution in [-0.4, -0.2) is 49.6 Å². The normalized spacial score (nSPS) is 26.2. The van der Waals surface area contributed by atoms with Gasteiger partial charge in [0.25, 0.3) is 5.79 Å². The lowest BCUT2D eigenvalue weighted by Gasteiger charge is -2.38. The van der Waals surface area contributed by atoms with Gasteiger partial charge in [0.05, 0.1) is 14.2 Å². The number of phenolic OH excluding ortho intramolecular Hbond substituents is 1. The van der Waals surface area contributed by atoms with Crippen molar-refractivity contribution < 1.29 is 43.4 Å². The molecule has 2 aromatic carbocycles. The first kappa shape index (κ1) is 17.7. The van der Waals surface area contributed by atoms with Crippen LogP contribution in [0.2, 0.25) is 0 Å². The molecular formula is C20H18O9. The van der Waals surface area contributed by atoms with Gasteiger partial charge >= 0.3 is 5.97 Å². The summed E-state index contributed by atoms with van der Waals surface area (Å²) in [5, 5.41) is 21.3. The van der Waals surface area contributed by atoms with Gasteiger partial charge in [-0.2, -0.15) is 0 Å². The van der Waals surface area contributed by atoms with Crippen LogP contribution in [0.15, 0.2) is 24.3 Å². The zero-order chi connectivity index (χ0) is 20.3. The monoisotopic (exact) mass is 402 g/mol. The summed E-state index contributed by atoms with van der Waals surface area (Å²) in [6.45, 7) is -0.229. The van der Waals surface area contributed by atoms with E-state index in [0.29, 0.717) is 28.4 Å². The van der Waals surface area contributed by atoms with Crippen molar-refractivity contribution in [2.45, 2.75) is 11.7 Å². The van der Waals surface area contributed by atoms with Gasteiger partial charge in [-0.1, -0.05) is 0 Å². The number of fused-ring (bicyclic) bond motifs is 3. The molecule has 29 heavy (non-hydrogen) atoms. The summed E-state index contributed by atoms with van der Waals surface area (Å²) in [5.41, 5.74) is 1.18. The summed E-state index contributed by atoms with van der Waals surface area (Å²) < 4.78 is 32.3. The molecule has 2 N–H and O–H groups in total. The number of phenols is 1. The summed E-state index contributed by atoms with van der Waals surface area (Å²) in [7, 11) is 2.82. The van der Waals surface area contributed by atoms with E-state index in [9.17, 15) is 15.0 Å². The molecule has 152 valence electrons. The second-order valence-corrected chi connectivity index (χ2v) is 7.03. The highest BCUT2D eigenvalue weighted by molar-refractivity contribution is 5.80. The van der Waals surface area contributed by atoms with Crippen LogP contribution in [0.25, 0.3) is 0 Å². The third-order valence-corrected chi connectivity index (χ3v) is 5.48. The zero-order valence-electron chi connectivity index (χ0n) is 15.6. The second-order valence-electron chi connectivity index (χ2n) is 7.03. The number of rotatable bonds is 3. The van der Waals surface area contributed by atoms with Crippen molar-refractivity contribution in [1.29, 1.82) is 0 Å². The van der Waals surface area contributed by atoms with Gasteiger partial charge in [0.1, 0.15) is 11.7 Å². The van der Waals surface area contributed by atoms with Gasteiger partial charge < -0.3 is 38.6 Å². The number of hydrogen-bond acceptors (Lipinski definition) is 9. The number of hydrogen-bond donors (Lipinski definition) is 2. The van der Waals surface area contributed by atoms with Crippen LogP contribution in [0.4, 0.5) is 0 Å². The fourth-order valence-corrected chi connectivity index (χ4v) is 4.13. The molecule has 3 heterocycles. The molecule has 9 nitrogen and oxygen atoms in total. The molecule has 0 amide bonds. The van der Waals surface area contributed by atoms with Gasteiger partial charge in [0, 0.05) is 17.5 Å². The fraction of sp³-hybridized carbons (Fsp3) is 0.350. The number of esters is 1. The topological polar surface area (TPSA) is 113 Å². The van der Waals surface area contributed by atoms with Crippen molar-refractivity contribution in [3.8, 4) is 34.5 Å². The minimum absolute atomic E-state index is 0.0689. The van der Waals surface area contributed by atoms with Crippen LogP contribution in [0.5, 0.6) is 34.5 Å². The van der Waals surface area contributed by atoms with Gasteiger partial charge in [-0.05, 0) is 23.8 Å². The molecule has 0 aromatic heterocycles. The van der Waals surface area contributed by atoms with Crippen LogP contribution in [-0.2, 0) is 9.53 Å². The van der Waals surface area contributed by atoms with E-state index < -0.39 is 23.6 Å². The van der Waals surface area contributed by atoms with Gasteiger partial charge in [-0.15, -0.1) is 0 Å². The smallest absolute Gasteiger partial charge is 0.317 e. The second kappa shape index (κ2) is 6.08. The number of carbonyl (C=O) groups is 1. The molecule has 1 saturated heterocycles. The average Bonchev–Trinajstić information content (AvgIpc) is 3.28. The van der Waals surface area contributed by atoms with E-state index in [2.05, 4.69) is 0 Å². The first-order chi connectivity index (χ1) is 13.9.